The van der Waals surface area contributed by atoms with Crippen LogP contribution in [0.1, 0.15) is 6.92 Å². The number of phenolic OH excluding ortho intramolecular Hbond substituents is 2. The lowest BCUT2D eigenvalue weighted by molar-refractivity contribution is 0.370. The van der Waals surface area contributed by atoms with Gasteiger partial charge in [0, 0.05) is 18.3 Å². The average molecular weight is 181 g/mol. The molecule has 13 heavy (non-hydrogen) atoms. The lowest BCUT2D eigenvalue weighted by Crippen LogP contribution is -1.83. The number of methoxy groups -OCH3 is 1. The molecule has 0 atom stereocenters. The second-order valence-electron chi connectivity index (χ2n) is 2.40. The summed E-state index contributed by atoms with van der Waals surface area (Å²) in [5.41, 5.74) is 0.372. The standard InChI is InChI=1S/C9H11NO3/c1-3-10-6-4-9(13-2)8(12)5-7(6)11/h3-5,11-12H,1-2H3. The number of rotatable bonds is 2. The molecule has 1 aromatic rings. The van der Waals surface area contributed by atoms with Crippen LogP contribution < -0.4 is 4.74 Å². The molecule has 0 spiro atoms. The third-order valence-corrected chi connectivity index (χ3v) is 1.54. The Kier molecular flexibility index (Phi) is 2.74. The van der Waals surface area contributed by atoms with Crippen LogP contribution in [0.2, 0.25) is 0 Å². The highest BCUT2D eigenvalue weighted by Gasteiger charge is 2.07. The maximum Gasteiger partial charge on any atom is 0.162 e. The Balaban J connectivity index is 3.22. The minimum atomic E-state index is -0.102. The monoisotopic (exact) mass is 181 g/mol. The van der Waals surface area contributed by atoms with Crippen LogP contribution in [-0.2, 0) is 0 Å². The van der Waals surface area contributed by atoms with Gasteiger partial charge in [0.2, 0.25) is 0 Å². The van der Waals surface area contributed by atoms with E-state index in [0.29, 0.717) is 11.4 Å². The first-order chi connectivity index (χ1) is 6.19. The molecule has 0 heterocycles. The summed E-state index contributed by atoms with van der Waals surface area (Å²) < 4.78 is 4.85. The number of hydrogen-bond acceptors (Lipinski definition) is 4. The van der Waals surface area contributed by atoms with Crippen molar-refractivity contribution in [3.05, 3.63) is 12.1 Å². The number of nitrogens with zero attached hydrogens (tertiary/aromatic N) is 1. The van der Waals surface area contributed by atoms with E-state index in [-0.39, 0.29) is 11.5 Å². The van der Waals surface area contributed by atoms with Crippen molar-refractivity contribution in [3.63, 3.8) is 0 Å². The Bertz CT molecular complexity index is 334. The molecule has 1 aromatic carbocycles. The summed E-state index contributed by atoms with van der Waals surface area (Å²) in [6, 6.07) is 2.66. The van der Waals surface area contributed by atoms with Crippen molar-refractivity contribution < 1.29 is 14.9 Å². The van der Waals surface area contributed by atoms with E-state index in [1.54, 1.807) is 13.1 Å². The number of benzene rings is 1. The van der Waals surface area contributed by atoms with Crippen LogP contribution in [0.4, 0.5) is 5.69 Å². The minimum absolute atomic E-state index is 0.0728. The van der Waals surface area contributed by atoms with E-state index in [1.165, 1.54) is 19.2 Å². The van der Waals surface area contributed by atoms with E-state index in [0.717, 1.165) is 0 Å². The highest BCUT2D eigenvalue weighted by molar-refractivity contribution is 5.67. The number of phenols is 2. The van der Waals surface area contributed by atoms with Gasteiger partial charge >= 0.3 is 0 Å². The van der Waals surface area contributed by atoms with Crippen LogP contribution >= 0.6 is 0 Å². The van der Waals surface area contributed by atoms with E-state index in [2.05, 4.69) is 4.99 Å². The second kappa shape index (κ2) is 3.80. The van der Waals surface area contributed by atoms with E-state index >= 15 is 0 Å². The second-order valence-corrected chi connectivity index (χ2v) is 2.40. The zero-order chi connectivity index (χ0) is 9.84. The Morgan fingerprint density at radius 2 is 2.00 bits per heavy atom. The molecule has 0 saturated carbocycles. The summed E-state index contributed by atoms with van der Waals surface area (Å²) in [7, 11) is 1.44. The van der Waals surface area contributed by atoms with Crippen molar-refractivity contribution in [2.24, 2.45) is 4.99 Å². The van der Waals surface area contributed by atoms with Gasteiger partial charge in [-0.15, -0.1) is 0 Å². The summed E-state index contributed by atoms with van der Waals surface area (Å²) in [5.74, 6) is 0.116. The first-order valence-corrected chi connectivity index (χ1v) is 3.77. The zero-order valence-corrected chi connectivity index (χ0v) is 7.48. The maximum atomic E-state index is 9.31. The van der Waals surface area contributed by atoms with Crippen LogP contribution in [-0.4, -0.2) is 23.5 Å². The molecule has 2 N–H and O–H groups in total. The molecule has 0 amide bonds. The van der Waals surface area contributed by atoms with Crippen molar-refractivity contribution >= 4 is 11.9 Å². The van der Waals surface area contributed by atoms with Gasteiger partial charge in [0.05, 0.1) is 7.11 Å². The Labute approximate surface area is 76.1 Å². The molecule has 0 aliphatic carbocycles. The molecule has 4 heteroatoms. The van der Waals surface area contributed by atoms with Gasteiger partial charge < -0.3 is 14.9 Å². The lowest BCUT2D eigenvalue weighted by atomic mass is 10.2. The summed E-state index contributed by atoms with van der Waals surface area (Å²) in [6.07, 6.45) is 1.55. The van der Waals surface area contributed by atoms with Crippen molar-refractivity contribution in [3.8, 4) is 17.2 Å². The highest BCUT2D eigenvalue weighted by Crippen LogP contribution is 2.37. The van der Waals surface area contributed by atoms with E-state index in [1.807, 2.05) is 0 Å². The Morgan fingerprint density at radius 3 is 2.54 bits per heavy atom. The summed E-state index contributed by atoms with van der Waals surface area (Å²) in [4.78, 5) is 3.89. The van der Waals surface area contributed by atoms with Gasteiger partial charge in [-0.05, 0) is 6.92 Å². The molecule has 0 fully saturated rings. The van der Waals surface area contributed by atoms with Crippen LogP contribution in [0, 0.1) is 0 Å². The summed E-state index contributed by atoms with van der Waals surface area (Å²) in [5, 5.41) is 18.6. The average Bonchev–Trinajstić information content (AvgIpc) is 2.10. The Morgan fingerprint density at radius 1 is 1.31 bits per heavy atom. The smallest absolute Gasteiger partial charge is 0.162 e. The molecular formula is C9H11NO3. The van der Waals surface area contributed by atoms with Gasteiger partial charge in [-0.2, -0.15) is 0 Å². The van der Waals surface area contributed by atoms with Crippen molar-refractivity contribution in [1.82, 2.24) is 0 Å². The fourth-order valence-corrected chi connectivity index (χ4v) is 0.953. The van der Waals surface area contributed by atoms with Gasteiger partial charge in [-0.3, -0.25) is 4.99 Å². The van der Waals surface area contributed by atoms with Gasteiger partial charge in [0.25, 0.3) is 0 Å². The molecule has 0 unspecified atom stereocenters. The quantitative estimate of drug-likeness (QED) is 0.684. The first kappa shape index (κ1) is 9.38. The highest BCUT2D eigenvalue weighted by atomic mass is 16.5. The molecule has 0 bridgehead atoms. The SMILES string of the molecule is CC=Nc1cc(OC)c(O)cc1O. The van der Waals surface area contributed by atoms with Gasteiger partial charge in [0.15, 0.2) is 11.5 Å². The lowest BCUT2D eigenvalue weighted by Gasteiger charge is -2.05. The van der Waals surface area contributed by atoms with Crippen LogP contribution in [0.15, 0.2) is 17.1 Å². The first-order valence-electron chi connectivity index (χ1n) is 3.77. The zero-order valence-electron chi connectivity index (χ0n) is 7.48. The predicted molar refractivity (Wildman–Crippen MR) is 50.1 cm³/mol. The molecule has 1 rings (SSSR count). The number of hydrogen-bond donors (Lipinski definition) is 2. The largest absolute Gasteiger partial charge is 0.506 e. The number of ether oxygens (including phenoxy) is 1. The number of aliphatic imine (C=N–C) groups is 1. The fraction of sp³-hybridized carbons (Fsp3) is 0.222. The van der Waals surface area contributed by atoms with Crippen molar-refractivity contribution in [2.45, 2.75) is 6.92 Å². The van der Waals surface area contributed by atoms with Crippen LogP contribution in [0.25, 0.3) is 0 Å². The maximum absolute atomic E-state index is 9.31. The van der Waals surface area contributed by atoms with Crippen molar-refractivity contribution in [1.29, 1.82) is 0 Å². The van der Waals surface area contributed by atoms with E-state index < -0.39 is 0 Å². The fourth-order valence-electron chi connectivity index (χ4n) is 0.953. The molecule has 0 aromatic heterocycles. The third kappa shape index (κ3) is 1.90. The Hall–Kier alpha value is -1.71. The third-order valence-electron chi connectivity index (χ3n) is 1.54. The van der Waals surface area contributed by atoms with Crippen LogP contribution in [0.3, 0.4) is 0 Å². The predicted octanol–water partition coefficient (Wildman–Crippen LogP) is 1.83. The summed E-state index contributed by atoms with van der Waals surface area (Å²) in [6.45, 7) is 1.73. The van der Waals surface area contributed by atoms with Crippen LogP contribution in [0.5, 0.6) is 17.2 Å². The molecule has 70 valence electrons. The number of aromatic hydroxyl groups is 2. The van der Waals surface area contributed by atoms with Gasteiger partial charge in [-0.25, -0.2) is 0 Å². The van der Waals surface area contributed by atoms with Gasteiger partial charge in [0.1, 0.15) is 11.4 Å². The molecular weight excluding hydrogens is 170 g/mol. The minimum Gasteiger partial charge on any atom is -0.506 e. The van der Waals surface area contributed by atoms with Crippen molar-refractivity contribution in [2.75, 3.05) is 7.11 Å². The molecule has 0 aliphatic rings. The molecule has 0 aliphatic heterocycles. The van der Waals surface area contributed by atoms with E-state index in [4.69, 9.17) is 4.74 Å². The topological polar surface area (TPSA) is 62.0 Å². The normalized spacial score (nSPS) is 10.6. The van der Waals surface area contributed by atoms with Gasteiger partial charge in [-0.1, -0.05) is 0 Å². The van der Waals surface area contributed by atoms with E-state index in [9.17, 15) is 10.2 Å². The molecule has 0 saturated heterocycles. The summed E-state index contributed by atoms with van der Waals surface area (Å²) >= 11 is 0. The molecule has 0 radical (unpaired) electrons. The molecule has 4 nitrogen and oxygen atoms in total.